The van der Waals surface area contributed by atoms with Crippen molar-refractivity contribution < 1.29 is 103 Å². The molecule has 0 radical (unpaired) electrons. The van der Waals surface area contributed by atoms with Crippen LogP contribution in [0.4, 0.5) is 0 Å². The zero-order valence-corrected chi connectivity index (χ0v) is 84.2. The van der Waals surface area contributed by atoms with Crippen molar-refractivity contribution in [2.75, 3.05) is 13.2 Å². The molecule has 28 atom stereocenters. The fourth-order valence-corrected chi connectivity index (χ4v) is 20.5. The molecular formula is C94H152Cl3NO22Si3. The van der Waals surface area contributed by atoms with Gasteiger partial charge in [0.15, 0.2) is 55.9 Å². The van der Waals surface area contributed by atoms with Crippen LogP contribution in [0.25, 0.3) is 0 Å². The van der Waals surface area contributed by atoms with Gasteiger partial charge in [0, 0.05) is 30.1 Å². The topological polar surface area (TPSA) is 243 Å². The Morgan fingerprint density at radius 1 is 0.488 bits per heavy atom. The summed E-state index contributed by atoms with van der Waals surface area (Å²) < 4.78 is 135. The number of ether oxygens (including phenoxy) is 17. The Hall–Kier alpha value is -3.09. The molecule has 6 aliphatic heterocycles. The van der Waals surface area contributed by atoms with E-state index in [9.17, 15) is 0 Å². The highest BCUT2D eigenvalue weighted by Crippen LogP contribution is 2.48. The number of rotatable bonds is 39. The van der Waals surface area contributed by atoms with Crippen molar-refractivity contribution in [2.45, 2.75) is 416 Å². The summed E-state index contributed by atoms with van der Waals surface area (Å²) in [6.07, 6.45) is -13.3. The van der Waals surface area contributed by atoms with Gasteiger partial charge in [0.1, 0.15) is 48.8 Å². The lowest BCUT2D eigenvalue weighted by atomic mass is 9.90. The van der Waals surface area contributed by atoms with Crippen LogP contribution in [0.15, 0.2) is 91.0 Å². The highest BCUT2D eigenvalue weighted by molar-refractivity contribution is 6.76. The van der Waals surface area contributed by atoms with Crippen LogP contribution in [0.5, 0.6) is 0 Å². The molecule has 0 spiro atoms. The highest BCUT2D eigenvalue weighted by Gasteiger charge is 2.60. The van der Waals surface area contributed by atoms with Crippen LogP contribution in [-0.4, -0.2) is 201 Å². The predicted molar refractivity (Wildman–Crippen MR) is 485 cm³/mol. The van der Waals surface area contributed by atoms with Crippen LogP contribution in [0.1, 0.15) is 214 Å². The van der Waals surface area contributed by atoms with E-state index in [0.29, 0.717) is 32.7 Å². The highest BCUT2D eigenvalue weighted by atomic mass is 35.6. The molecule has 6 saturated heterocycles. The average Bonchev–Trinajstić information content (AvgIpc) is 1.63. The molecule has 9 rings (SSSR count). The normalized spacial score (nSPS) is 32.0. The lowest BCUT2D eigenvalue weighted by Crippen LogP contribution is -2.63. The van der Waals surface area contributed by atoms with Crippen molar-refractivity contribution >= 4 is 77.6 Å². The van der Waals surface area contributed by atoms with E-state index in [-0.39, 0.29) is 89.6 Å². The Morgan fingerprint density at radius 3 is 1.40 bits per heavy atom. The second-order valence-electron chi connectivity index (χ2n) is 40.6. The minimum atomic E-state index is -2.69. The monoisotopic (exact) mass is 1840 g/mol. The van der Waals surface area contributed by atoms with E-state index in [4.69, 9.17) is 134 Å². The number of benzene rings is 3. The quantitative estimate of drug-likeness (QED) is 0.0183. The maximum atomic E-state index is 15.2. The van der Waals surface area contributed by atoms with E-state index in [1.165, 1.54) is 0 Å². The van der Waals surface area contributed by atoms with Gasteiger partial charge in [-0.2, -0.15) is 0 Å². The Bertz CT molecular complexity index is 3740. The molecule has 3 aromatic rings. The lowest BCUT2D eigenvalue weighted by molar-refractivity contribution is -0.360. The summed E-state index contributed by atoms with van der Waals surface area (Å²) in [4.78, 5) is 30.4. The molecule has 29 heteroatoms. The average molecular weight is 1840 g/mol. The summed E-state index contributed by atoms with van der Waals surface area (Å²) in [6, 6.07) is 30.1. The first-order valence-corrected chi connectivity index (χ1v) is 55.1. The number of esters is 2. The van der Waals surface area contributed by atoms with Crippen molar-refractivity contribution in [1.82, 2.24) is 0 Å². The van der Waals surface area contributed by atoms with Gasteiger partial charge in [0.05, 0.1) is 101 Å². The molecule has 698 valence electrons. The molecule has 12 unspecified atom stereocenters. The summed E-state index contributed by atoms with van der Waals surface area (Å²) in [5, 5.41) is 8.40. The van der Waals surface area contributed by atoms with E-state index < -0.39 is 181 Å². The van der Waals surface area contributed by atoms with E-state index >= 15 is 9.59 Å². The van der Waals surface area contributed by atoms with Gasteiger partial charge in [-0.25, -0.2) is 0 Å². The summed E-state index contributed by atoms with van der Waals surface area (Å²) in [5.41, 5.74) is 3.04. The van der Waals surface area contributed by atoms with E-state index in [1.807, 2.05) is 112 Å². The van der Waals surface area contributed by atoms with Crippen LogP contribution >= 0.6 is 34.8 Å². The first kappa shape index (κ1) is 104. The largest absolute Gasteiger partial charge is 0.462 e. The Morgan fingerprint density at radius 2 is 0.911 bits per heavy atom. The van der Waals surface area contributed by atoms with Crippen LogP contribution in [-0.2, 0) is 123 Å². The summed E-state index contributed by atoms with van der Waals surface area (Å²) >= 11 is 19.0. The van der Waals surface area contributed by atoms with Gasteiger partial charge in [0.2, 0.25) is 12.2 Å². The molecule has 0 aliphatic carbocycles. The molecule has 0 amide bonds. The van der Waals surface area contributed by atoms with E-state index in [2.05, 4.69) is 150 Å². The van der Waals surface area contributed by atoms with Crippen molar-refractivity contribution in [2.24, 2.45) is 35.5 Å². The molecule has 123 heavy (non-hydrogen) atoms. The molecule has 23 nitrogen and oxygen atoms in total. The van der Waals surface area contributed by atoms with Gasteiger partial charge >= 0.3 is 11.9 Å². The van der Waals surface area contributed by atoms with Crippen molar-refractivity contribution in [3.8, 4) is 0 Å². The van der Waals surface area contributed by atoms with Crippen LogP contribution < -0.4 is 0 Å². The second-order valence-corrected chi connectivity index (χ2v) is 57.2. The number of nitrogens with one attached hydrogen (secondary N) is 1. The minimum Gasteiger partial charge on any atom is -0.462 e. The van der Waals surface area contributed by atoms with E-state index in [0.717, 1.165) is 29.5 Å². The number of alkyl halides is 3. The molecular weight excluding hydrogens is 1690 g/mol. The van der Waals surface area contributed by atoms with Crippen LogP contribution in [0.3, 0.4) is 0 Å². The third-order valence-electron chi connectivity index (χ3n) is 27.4. The number of fused-ring (bicyclic) bond motifs is 1. The van der Waals surface area contributed by atoms with Gasteiger partial charge in [-0.3, -0.25) is 15.0 Å². The number of carbonyl (C=O) groups excluding carboxylic acids is 2. The standard InChI is InChI=1S/C94H152Cl3NO22Si3/c1-29-56(4)70(108-74(99)49-68(119-122(25,26)91(15,16)17)48-71(57(5)30-2)110-86-61(9)79(69(31-3)109-86)120-123(27,28)92(18,19)20)47-67(118-121(23,24)90(12,13)14)50-75(100)111-76-58(6)80(87(106-62(76)10)115-89(98)94(95,96)97)113-88-83-82(116-93(21,22)117-83)81(63(11)107-88)114-85-60(8)78(73(55-105-85)102-52-65-43-37-33-38-44-65)112-84-59(7)77(103-53-66-45-39-34-40-46-66)72(54-104-84)101-51-64-41-35-32-36-42-64/h32-46,56-63,67-73,76-88,98H,29-31,47-55H2,1-28H3/t56-,57-,58?,59?,60?,61?,62?,63?,67-,68-,69-,70-,71-,72+,73+,76+,77?,78?,79?,80?,81-,82?,83?,84-,85-,86-,87+,88-/m0/s1. The molecule has 0 aromatic heterocycles. The zero-order chi connectivity index (χ0) is 90.9. The first-order valence-electron chi connectivity index (χ1n) is 45.2. The van der Waals surface area contributed by atoms with Crippen LogP contribution in [0.2, 0.25) is 54.4 Å². The zero-order valence-electron chi connectivity index (χ0n) is 78.9. The van der Waals surface area contributed by atoms with Crippen LogP contribution in [0, 0.1) is 40.9 Å². The third-order valence-corrected chi connectivity index (χ3v) is 41.5. The van der Waals surface area contributed by atoms with Crippen molar-refractivity contribution in [1.29, 1.82) is 5.41 Å². The molecule has 0 saturated carbocycles. The van der Waals surface area contributed by atoms with E-state index in [1.54, 1.807) is 20.8 Å². The number of hydrogen-bond acceptors (Lipinski definition) is 23. The predicted octanol–water partition coefficient (Wildman–Crippen LogP) is 20.7. The first-order chi connectivity index (χ1) is 57.3. The Labute approximate surface area is 754 Å². The molecule has 6 heterocycles. The molecule has 0 bridgehead atoms. The maximum Gasteiger partial charge on any atom is 0.308 e. The molecule has 6 fully saturated rings. The van der Waals surface area contributed by atoms with Crippen molar-refractivity contribution in [3.63, 3.8) is 0 Å². The number of carbonyl (C=O) groups is 2. The molecule has 1 N–H and O–H groups in total. The van der Waals surface area contributed by atoms with Crippen molar-refractivity contribution in [3.05, 3.63) is 108 Å². The minimum absolute atomic E-state index is 0.0106. The molecule has 3 aromatic carbocycles. The Balaban J connectivity index is 0.929. The second kappa shape index (κ2) is 44.0. The molecule has 6 aliphatic rings. The third kappa shape index (κ3) is 27.8. The van der Waals surface area contributed by atoms with Gasteiger partial charge in [0.25, 0.3) is 3.79 Å². The number of halogens is 3. The lowest BCUT2D eigenvalue weighted by Gasteiger charge is -2.49. The fraction of sp³-hybridized carbons (Fsp3) is 0.777. The summed E-state index contributed by atoms with van der Waals surface area (Å²) in [6.45, 7) is 60.3. The summed E-state index contributed by atoms with van der Waals surface area (Å²) in [5.74, 6) is -4.62. The Kier molecular flexibility index (Phi) is 37.0. The SMILES string of the molecule is CC[C@@H]1O[C@@H](O[C@@H](C[C@@H](CC(=O)O[C@@H](C[C@@H](CC(=O)O[C@H]2C(C)O[C@H](OC(=N)C(Cl)(Cl)Cl)C(O[C@@H]3OC(C)[C@H](O[C@@H]4OC[C@@H](OCc5ccccc5)C(O[C@@H]5OC[C@@H](OCc6ccccc6)C(OCc6ccccc6)C5C)C4C)C4OC(C)(C)OC43)C2C)O[Si](C)(C)C(C)(C)C)[C@@H](C)CC)O[Si](C)(C)C(C)(C)C)[C@@H](C)CC)C(C)C1O[Si](C)(C)C(C)(C)C. The maximum absolute atomic E-state index is 15.2. The van der Waals surface area contributed by atoms with Gasteiger partial charge < -0.3 is 93.8 Å². The van der Waals surface area contributed by atoms with Gasteiger partial charge in [-0.1, -0.05) is 263 Å². The number of hydrogen-bond donors (Lipinski definition) is 1. The smallest absolute Gasteiger partial charge is 0.308 e. The fourth-order valence-electron chi connectivity index (χ4n) is 16.2. The van der Waals surface area contributed by atoms with Gasteiger partial charge in [-0.15, -0.1) is 0 Å². The summed E-state index contributed by atoms with van der Waals surface area (Å²) in [7, 11) is -7.39. The van der Waals surface area contributed by atoms with Gasteiger partial charge in [-0.05, 0) is 123 Å².